The number of nitrogens with one attached hydrogen (secondary N) is 2. The number of aryl methyl sites for hydroxylation is 2. The number of halogens is 2. The zero-order valence-corrected chi connectivity index (χ0v) is 21.8. The molecule has 10 heteroatoms. The van der Waals surface area contributed by atoms with E-state index in [0.29, 0.717) is 5.69 Å². The molecule has 1 aliphatic heterocycles. The Balaban J connectivity index is 0.00000441. The SMILES string of the molecule is C.Cc1ccccc1CNC(=O)[C@@H]1CC(F)(F)CN1C(=O)[C@@H](O)[C@H](Cc1ccccc1)NC(=O)c1cccn1C. The van der Waals surface area contributed by atoms with Gasteiger partial charge in [-0.2, -0.15) is 0 Å². The molecule has 1 aromatic heterocycles. The molecule has 2 heterocycles. The van der Waals surface area contributed by atoms with E-state index in [4.69, 9.17) is 0 Å². The maximum atomic E-state index is 14.5. The Morgan fingerprint density at radius 1 is 1.05 bits per heavy atom. The second-order valence-corrected chi connectivity index (χ2v) is 9.91. The van der Waals surface area contributed by atoms with Crippen LogP contribution in [0.4, 0.5) is 8.78 Å². The summed E-state index contributed by atoms with van der Waals surface area (Å²) in [7, 11) is 1.68. The van der Waals surface area contributed by atoms with Crippen molar-refractivity contribution in [2.75, 3.05) is 6.54 Å². The lowest BCUT2D eigenvalue weighted by molar-refractivity contribution is -0.147. The van der Waals surface area contributed by atoms with E-state index in [1.807, 2.05) is 25.1 Å². The summed E-state index contributed by atoms with van der Waals surface area (Å²) in [5.41, 5.74) is 2.77. The summed E-state index contributed by atoms with van der Waals surface area (Å²) < 4.78 is 30.6. The standard InChI is InChI=1S/C29H32F2N4O4.CH4/c1-19-9-6-7-12-21(19)17-32-26(37)24-16-29(30,31)18-35(24)28(39)25(36)22(15-20-10-4-3-5-11-20)33-27(38)23-13-8-14-34(23)2;/h3-14,22,24-25,36H,15-18H2,1-2H3,(H,32,37)(H,33,38);1H4/t22-,24-,25-;/m0./s1. The smallest absolute Gasteiger partial charge is 0.268 e. The van der Waals surface area contributed by atoms with Crippen LogP contribution in [0.25, 0.3) is 0 Å². The molecule has 3 amide bonds. The van der Waals surface area contributed by atoms with Crippen molar-refractivity contribution >= 4 is 17.7 Å². The fourth-order valence-corrected chi connectivity index (χ4v) is 4.78. The number of amides is 3. The molecular weight excluding hydrogens is 518 g/mol. The van der Waals surface area contributed by atoms with E-state index in [9.17, 15) is 28.3 Å². The maximum absolute atomic E-state index is 14.5. The number of hydrogen-bond donors (Lipinski definition) is 3. The van der Waals surface area contributed by atoms with Gasteiger partial charge in [-0.1, -0.05) is 62.0 Å². The zero-order valence-electron chi connectivity index (χ0n) is 21.8. The minimum Gasteiger partial charge on any atom is -0.381 e. The highest BCUT2D eigenvalue weighted by Gasteiger charge is 2.51. The van der Waals surface area contributed by atoms with Crippen molar-refractivity contribution in [3.05, 3.63) is 95.3 Å². The van der Waals surface area contributed by atoms with Crippen LogP contribution in [0.3, 0.4) is 0 Å². The van der Waals surface area contributed by atoms with E-state index in [1.165, 1.54) is 0 Å². The van der Waals surface area contributed by atoms with Gasteiger partial charge in [0.25, 0.3) is 17.7 Å². The van der Waals surface area contributed by atoms with E-state index in [-0.39, 0.29) is 20.4 Å². The highest BCUT2D eigenvalue weighted by molar-refractivity contribution is 5.94. The first-order chi connectivity index (χ1) is 18.6. The van der Waals surface area contributed by atoms with Crippen molar-refractivity contribution in [1.29, 1.82) is 0 Å². The van der Waals surface area contributed by atoms with E-state index >= 15 is 0 Å². The zero-order chi connectivity index (χ0) is 28.2. The number of aliphatic hydroxyl groups excluding tert-OH is 1. The van der Waals surface area contributed by atoms with Crippen molar-refractivity contribution in [3.63, 3.8) is 0 Å². The third kappa shape index (κ3) is 7.12. The molecule has 0 aliphatic carbocycles. The van der Waals surface area contributed by atoms with E-state index in [1.54, 1.807) is 66.3 Å². The van der Waals surface area contributed by atoms with Crippen molar-refractivity contribution in [3.8, 4) is 0 Å². The molecule has 0 spiro atoms. The number of rotatable bonds is 9. The Morgan fingerprint density at radius 3 is 2.38 bits per heavy atom. The van der Waals surface area contributed by atoms with Crippen molar-refractivity contribution in [1.82, 2.24) is 20.1 Å². The Hall–Kier alpha value is -4.05. The van der Waals surface area contributed by atoms with Gasteiger partial charge < -0.3 is 25.2 Å². The largest absolute Gasteiger partial charge is 0.381 e. The highest BCUT2D eigenvalue weighted by atomic mass is 19.3. The average molecular weight is 555 g/mol. The van der Waals surface area contributed by atoms with E-state index < -0.39 is 54.8 Å². The summed E-state index contributed by atoms with van der Waals surface area (Å²) in [5, 5.41) is 16.5. The van der Waals surface area contributed by atoms with Crippen LogP contribution in [0.5, 0.6) is 0 Å². The predicted octanol–water partition coefficient (Wildman–Crippen LogP) is 3.22. The average Bonchev–Trinajstić information content (AvgIpc) is 3.49. The minimum atomic E-state index is -3.30. The van der Waals surface area contributed by atoms with Gasteiger partial charge in [0.05, 0.1) is 12.6 Å². The molecule has 0 saturated carbocycles. The Kier molecular flexibility index (Phi) is 9.81. The van der Waals surface area contributed by atoms with Crippen molar-refractivity contribution in [2.24, 2.45) is 7.05 Å². The molecule has 8 nitrogen and oxygen atoms in total. The Morgan fingerprint density at radius 2 is 1.73 bits per heavy atom. The molecule has 0 unspecified atom stereocenters. The van der Waals surface area contributed by atoms with Crippen molar-refractivity contribution < 1.29 is 28.3 Å². The summed E-state index contributed by atoms with van der Waals surface area (Å²) in [6, 6.07) is 16.9. The first kappa shape index (κ1) is 30.5. The highest BCUT2D eigenvalue weighted by Crippen LogP contribution is 2.33. The molecule has 3 atom stereocenters. The van der Waals surface area contributed by atoms with Gasteiger partial charge >= 0.3 is 0 Å². The van der Waals surface area contributed by atoms with Crippen LogP contribution in [0.1, 0.15) is 41.0 Å². The van der Waals surface area contributed by atoms with E-state index in [0.717, 1.165) is 21.6 Å². The normalized spacial score (nSPS) is 17.4. The van der Waals surface area contributed by atoms with Gasteiger partial charge in [0, 0.05) is 26.2 Å². The Bertz CT molecular complexity index is 1330. The number of nitrogens with zero attached hydrogens (tertiary/aromatic N) is 2. The van der Waals surface area contributed by atoms with Crippen LogP contribution in [0.2, 0.25) is 0 Å². The van der Waals surface area contributed by atoms with Gasteiger partial charge in [0.2, 0.25) is 5.91 Å². The number of benzene rings is 2. The third-order valence-electron chi connectivity index (χ3n) is 7.00. The monoisotopic (exact) mass is 554 g/mol. The summed E-state index contributed by atoms with van der Waals surface area (Å²) in [6.07, 6.45) is -0.979. The maximum Gasteiger partial charge on any atom is 0.268 e. The molecule has 0 bridgehead atoms. The second-order valence-electron chi connectivity index (χ2n) is 9.91. The molecule has 1 fully saturated rings. The fourth-order valence-electron chi connectivity index (χ4n) is 4.78. The second kappa shape index (κ2) is 12.9. The van der Waals surface area contributed by atoms with Gasteiger partial charge in [-0.3, -0.25) is 14.4 Å². The van der Waals surface area contributed by atoms with Gasteiger partial charge in [-0.05, 0) is 42.2 Å². The summed E-state index contributed by atoms with van der Waals surface area (Å²) in [6.45, 7) is 0.977. The van der Waals surface area contributed by atoms with Gasteiger partial charge in [-0.25, -0.2) is 8.78 Å². The van der Waals surface area contributed by atoms with Crippen LogP contribution in [-0.4, -0.2) is 63.0 Å². The van der Waals surface area contributed by atoms with Crippen LogP contribution in [0.15, 0.2) is 72.9 Å². The van der Waals surface area contributed by atoms with Crippen LogP contribution < -0.4 is 10.6 Å². The van der Waals surface area contributed by atoms with Gasteiger partial charge in [0.15, 0.2) is 6.10 Å². The number of carbonyl (C=O) groups is 3. The Labute approximate surface area is 233 Å². The lowest BCUT2D eigenvalue weighted by Crippen LogP contribution is -2.56. The molecule has 3 aromatic rings. The summed E-state index contributed by atoms with van der Waals surface area (Å²) in [5.74, 6) is -5.62. The summed E-state index contributed by atoms with van der Waals surface area (Å²) >= 11 is 0. The summed E-state index contributed by atoms with van der Waals surface area (Å²) in [4.78, 5) is 40.1. The number of hydrogen-bond acceptors (Lipinski definition) is 4. The topological polar surface area (TPSA) is 104 Å². The number of aliphatic hydroxyl groups is 1. The number of carbonyl (C=O) groups excluding carboxylic acids is 3. The molecule has 214 valence electrons. The molecular formula is C30H36F2N4O4. The lowest BCUT2D eigenvalue weighted by atomic mass is 9.99. The lowest BCUT2D eigenvalue weighted by Gasteiger charge is -2.30. The quantitative estimate of drug-likeness (QED) is 0.378. The number of aromatic nitrogens is 1. The van der Waals surface area contributed by atoms with Gasteiger partial charge in [0.1, 0.15) is 11.7 Å². The fraction of sp³-hybridized carbons (Fsp3) is 0.367. The van der Waals surface area contributed by atoms with Crippen LogP contribution in [0, 0.1) is 6.92 Å². The molecule has 1 saturated heterocycles. The first-order valence-corrected chi connectivity index (χ1v) is 12.7. The molecule has 3 N–H and O–H groups in total. The number of likely N-dealkylation sites (tertiary alicyclic amines) is 1. The molecule has 40 heavy (non-hydrogen) atoms. The van der Waals surface area contributed by atoms with Crippen molar-refractivity contribution in [2.45, 2.75) is 57.8 Å². The third-order valence-corrected chi connectivity index (χ3v) is 7.00. The van der Waals surface area contributed by atoms with Gasteiger partial charge in [-0.15, -0.1) is 0 Å². The predicted molar refractivity (Wildman–Crippen MR) is 148 cm³/mol. The van der Waals surface area contributed by atoms with Crippen LogP contribution >= 0.6 is 0 Å². The first-order valence-electron chi connectivity index (χ1n) is 12.7. The van der Waals surface area contributed by atoms with Crippen LogP contribution in [-0.2, 0) is 29.6 Å². The minimum absolute atomic E-state index is 0. The molecule has 0 radical (unpaired) electrons. The van der Waals surface area contributed by atoms with E-state index in [2.05, 4.69) is 10.6 Å². The molecule has 1 aliphatic rings. The number of alkyl halides is 2. The molecule has 4 rings (SSSR count). The molecule has 2 aromatic carbocycles.